The van der Waals surface area contributed by atoms with Crippen molar-refractivity contribution in [3.63, 3.8) is 0 Å². The minimum Gasteiger partial charge on any atom is -0.368 e. The zero-order valence-corrected chi connectivity index (χ0v) is 17.2. The molecule has 4 rings (SSSR count). The summed E-state index contributed by atoms with van der Waals surface area (Å²) in [6, 6.07) is 20.8. The minimum atomic E-state index is -0.190. The van der Waals surface area contributed by atoms with Crippen LogP contribution in [0.1, 0.15) is 15.9 Å². The number of urea groups is 1. The molecule has 0 unspecified atom stereocenters. The Labute approximate surface area is 181 Å². The molecule has 1 aliphatic rings. The Hall–Kier alpha value is -3.87. The van der Waals surface area contributed by atoms with Gasteiger partial charge in [0.05, 0.1) is 0 Å². The molecule has 1 saturated heterocycles. The fourth-order valence-electron chi connectivity index (χ4n) is 3.53. The van der Waals surface area contributed by atoms with Crippen LogP contribution in [-0.4, -0.2) is 48.0 Å². The van der Waals surface area contributed by atoms with Crippen molar-refractivity contribution in [2.45, 2.75) is 6.54 Å². The lowest BCUT2D eigenvalue weighted by molar-refractivity contribution is 0.0951. The third-order valence-corrected chi connectivity index (χ3v) is 5.27. The number of pyridine rings is 1. The van der Waals surface area contributed by atoms with Gasteiger partial charge >= 0.3 is 6.03 Å². The number of amides is 3. The number of anilines is 2. The topological polar surface area (TPSA) is 77.6 Å². The van der Waals surface area contributed by atoms with Gasteiger partial charge in [-0.15, -0.1) is 0 Å². The van der Waals surface area contributed by atoms with Gasteiger partial charge in [0.2, 0.25) is 0 Å². The molecule has 1 fully saturated rings. The van der Waals surface area contributed by atoms with Crippen molar-refractivity contribution >= 4 is 23.3 Å². The van der Waals surface area contributed by atoms with Crippen LogP contribution >= 0.6 is 0 Å². The molecule has 0 saturated carbocycles. The number of benzene rings is 2. The van der Waals surface area contributed by atoms with E-state index < -0.39 is 0 Å². The maximum Gasteiger partial charge on any atom is 0.321 e. The standard InChI is InChI=1S/C24H25N5O2/c30-23(26-18-19-9-11-25-12-10-19)20-5-4-6-21(17-20)27-24(31)29-15-13-28(14-16-29)22-7-2-1-3-8-22/h1-12,17H,13-16,18H2,(H,26,30)(H,27,31). The molecular formula is C24H25N5O2. The zero-order valence-electron chi connectivity index (χ0n) is 17.2. The normalized spacial score (nSPS) is 13.5. The molecule has 0 spiro atoms. The highest BCUT2D eigenvalue weighted by molar-refractivity contribution is 5.96. The number of carbonyl (C=O) groups excluding carboxylic acids is 2. The molecule has 0 aliphatic carbocycles. The second kappa shape index (κ2) is 9.75. The molecule has 2 aromatic carbocycles. The summed E-state index contributed by atoms with van der Waals surface area (Å²) in [7, 11) is 0. The Morgan fingerprint density at radius 3 is 2.35 bits per heavy atom. The number of hydrogen-bond acceptors (Lipinski definition) is 4. The summed E-state index contributed by atoms with van der Waals surface area (Å²) in [5, 5.41) is 5.80. The van der Waals surface area contributed by atoms with E-state index >= 15 is 0 Å². The SMILES string of the molecule is O=C(NCc1ccncc1)c1cccc(NC(=O)N2CCN(c3ccccc3)CC2)c1. The Bertz CT molecular complexity index is 1020. The zero-order chi connectivity index (χ0) is 21.5. The van der Waals surface area contributed by atoms with Crippen molar-refractivity contribution in [3.05, 3.63) is 90.3 Å². The summed E-state index contributed by atoms with van der Waals surface area (Å²) >= 11 is 0. The number of para-hydroxylation sites is 1. The van der Waals surface area contributed by atoms with Crippen molar-refractivity contribution < 1.29 is 9.59 Å². The highest BCUT2D eigenvalue weighted by Gasteiger charge is 2.21. The quantitative estimate of drug-likeness (QED) is 0.670. The van der Waals surface area contributed by atoms with Crippen LogP contribution in [0.15, 0.2) is 79.1 Å². The first-order chi connectivity index (χ1) is 15.2. The van der Waals surface area contributed by atoms with Gasteiger partial charge in [-0.1, -0.05) is 24.3 Å². The first-order valence-corrected chi connectivity index (χ1v) is 10.3. The predicted molar refractivity (Wildman–Crippen MR) is 121 cm³/mol. The molecule has 1 aliphatic heterocycles. The van der Waals surface area contributed by atoms with Gasteiger partial charge in [0, 0.05) is 62.1 Å². The Morgan fingerprint density at radius 1 is 0.871 bits per heavy atom. The molecule has 1 aromatic heterocycles. The second-order valence-electron chi connectivity index (χ2n) is 7.36. The highest BCUT2D eigenvalue weighted by atomic mass is 16.2. The second-order valence-corrected chi connectivity index (χ2v) is 7.36. The fraction of sp³-hybridized carbons (Fsp3) is 0.208. The molecule has 7 nitrogen and oxygen atoms in total. The van der Waals surface area contributed by atoms with Crippen molar-refractivity contribution in [3.8, 4) is 0 Å². The van der Waals surface area contributed by atoms with E-state index in [0.29, 0.717) is 30.9 Å². The molecular weight excluding hydrogens is 390 g/mol. The summed E-state index contributed by atoms with van der Waals surface area (Å²) in [6.07, 6.45) is 3.38. The molecule has 2 heterocycles. The predicted octanol–water partition coefficient (Wildman–Crippen LogP) is 3.37. The number of hydrogen-bond donors (Lipinski definition) is 2. The van der Waals surface area contributed by atoms with Crippen LogP contribution in [0.3, 0.4) is 0 Å². The first kappa shape index (κ1) is 20.4. The Morgan fingerprint density at radius 2 is 1.61 bits per heavy atom. The van der Waals surface area contributed by atoms with Crippen molar-refractivity contribution in [1.29, 1.82) is 0 Å². The summed E-state index contributed by atoms with van der Waals surface area (Å²) in [4.78, 5) is 33.2. The molecule has 158 valence electrons. The van der Waals surface area contributed by atoms with Crippen LogP contribution in [0.5, 0.6) is 0 Å². The maximum absolute atomic E-state index is 12.7. The number of piperazine rings is 1. The van der Waals surface area contributed by atoms with Crippen LogP contribution in [0.2, 0.25) is 0 Å². The summed E-state index contributed by atoms with van der Waals surface area (Å²) in [5.74, 6) is -0.190. The lowest BCUT2D eigenvalue weighted by Crippen LogP contribution is -2.50. The fourth-order valence-corrected chi connectivity index (χ4v) is 3.53. The van der Waals surface area contributed by atoms with Crippen LogP contribution in [0, 0.1) is 0 Å². The van der Waals surface area contributed by atoms with Gasteiger partial charge in [0.15, 0.2) is 0 Å². The van der Waals surface area contributed by atoms with Gasteiger partial charge in [-0.25, -0.2) is 4.79 Å². The number of nitrogens with zero attached hydrogens (tertiary/aromatic N) is 3. The van der Waals surface area contributed by atoms with Crippen LogP contribution < -0.4 is 15.5 Å². The largest absolute Gasteiger partial charge is 0.368 e. The lowest BCUT2D eigenvalue weighted by atomic mass is 10.2. The van der Waals surface area contributed by atoms with E-state index in [1.807, 2.05) is 30.3 Å². The molecule has 7 heteroatoms. The van der Waals surface area contributed by atoms with Gasteiger partial charge in [-0.2, -0.15) is 0 Å². The van der Waals surface area contributed by atoms with Crippen molar-refractivity contribution in [2.75, 3.05) is 36.4 Å². The molecule has 0 atom stereocenters. The summed E-state index contributed by atoms with van der Waals surface area (Å²) in [6.45, 7) is 3.28. The molecule has 3 amide bonds. The van der Waals surface area contributed by atoms with E-state index in [9.17, 15) is 9.59 Å². The van der Waals surface area contributed by atoms with Crippen LogP contribution in [0.25, 0.3) is 0 Å². The van der Waals surface area contributed by atoms with Crippen LogP contribution in [0.4, 0.5) is 16.2 Å². The molecule has 3 aromatic rings. The number of nitrogens with one attached hydrogen (secondary N) is 2. The van der Waals surface area contributed by atoms with Crippen molar-refractivity contribution in [2.24, 2.45) is 0 Å². The smallest absolute Gasteiger partial charge is 0.321 e. The van der Waals surface area contributed by atoms with Gasteiger partial charge in [0.1, 0.15) is 0 Å². The monoisotopic (exact) mass is 415 g/mol. The van der Waals surface area contributed by atoms with E-state index in [1.165, 1.54) is 5.69 Å². The van der Waals surface area contributed by atoms with Gasteiger partial charge in [-0.3, -0.25) is 9.78 Å². The van der Waals surface area contributed by atoms with E-state index in [4.69, 9.17) is 0 Å². The average Bonchev–Trinajstić information content (AvgIpc) is 2.84. The summed E-state index contributed by atoms with van der Waals surface area (Å²) in [5.41, 5.74) is 3.25. The molecule has 0 bridgehead atoms. The Kier molecular flexibility index (Phi) is 6.42. The lowest BCUT2D eigenvalue weighted by Gasteiger charge is -2.36. The van der Waals surface area contributed by atoms with E-state index in [-0.39, 0.29) is 11.9 Å². The maximum atomic E-state index is 12.7. The van der Waals surface area contributed by atoms with E-state index in [1.54, 1.807) is 41.6 Å². The van der Waals surface area contributed by atoms with Crippen molar-refractivity contribution in [1.82, 2.24) is 15.2 Å². The van der Waals surface area contributed by atoms with Crippen LogP contribution in [-0.2, 0) is 6.54 Å². The molecule has 31 heavy (non-hydrogen) atoms. The molecule has 0 radical (unpaired) electrons. The number of aromatic nitrogens is 1. The summed E-state index contributed by atoms with van der Waals surface area (Å²) < 4.78 is 0. The van der Waals surface area contributed by atoms with Gasteiger partial charge < -0.3 is 20.4 Å². The highest BCUT2D eigenvalue weighted by Crippen LogP contribution is 2.17. The van der Waals surface area contributed by atoms with Gasteiger partial charge in [0.25, 0.3) is 5.91 Å². The molecule has 2 N–H and O–H groups in total. The third kappa shape index (κ3) is 5.39. The number of rotatable bonds is 5. The minimum absolute atomic E-state index is 0.151. The number of carbonyl (C=O) groups is 2. The van der Waals surface area contributed by atoms with Gasteiger partial charge in [-0.05, 0) is 48.0 Å². The van der Waals surface area contributed by atoms with E-state index in [0.717, 1.165) is 18.7 Å². The Balaban J connectivity index is 1.30. The van der Waals surface area contributed by atoms with E-state index in [2.05, 4.69) is 32.7 Å². The first-order valence-electron chi connectivity index (χ1n) is 10.3. The average molecular weight is 415 g/mol. The third-order valence-electron chi connectivity index (χ3n) is 5.27.